The molecule has 0 spiro atoms. The molecule has 1 aliphatic heterocycles. The zero-order valence-electron chi connectivity index (χ0n) is 12.3. The second kappa shape index (κ2) is 6.35. The molecule has 1 saturated heterocycles. The molecule has 1 aliphatic rings. The van der Waals surface area contributed by atoms with Crippen LogP contribution in [-0.2, 0) is 0 Å². The maximum Gasteiger partial charge on any atom is 0.128 e. The number of rotatable bonds is 4. The number of nitrogens with zero attached hydrogens (tertiary/aromatic N) is 3. The number of hydrogen-bond acceptors (Lipinski definition) is 4. The van der Waals surface area contributed by atoms with Gasteiger partial charge >= 0.3 is 0 Å². The van der Waals surface area contributed by atoms with E-state index in [0.29, 0.717) is 0 Å². The van der Waals surface area contributed by atoms with E-state index in [0.717, 1.165) is 30.4 Å². The summed E-state index contributed by atoms with van der Waals surface area (Å²) in [7, 11) is 4.31. The first-order valence-electron chi connectivity index (χ1n) is 7.17. The molecule has 4 nitrogen and oxygen atoms in total. The maximum atomic E-state index is 5.85. The second-order valence-electron chi connectivity index (χ2n) is 5.93. The van der Waals surface area contributed by atoms with Gasteiger partial charge in [0.2, 0.25) is 0 Å². The third kappa shape index (κ3) is 3.91. The number of nitrogens with two attached hydrogens (primary N) is 1. The zero-order chi connectivity index (χ0) is 13.8. The van der Waals surface area contributed by atoms with Crippen molar-refractivity contribution in [3.63, 3.8) is 0 Å². The average Bonchev–Trinajstić information content (AvgIpc) is 2.39. The molecule has 1 atom stereocenters. The Bertz CT molecular complexity index is 378. The fourth-order valence-electron chi connectivity index (χ4n) is 2.71. The highest BCUT2D eigenvalue weighted by Gasteiger charge is 2.20. The van der Waals surface area contributed by atoms with Crippen LogP contribution in [0.3, 0.4) is 0 Å². The number of aromatic nitrogens is 1. The van der Waals surface area contributed by atoms with E-state index in [2.05, 4.69) is 41.0 Å². The maximum absolute atomic E-state index is 5.85. The molecule has 0 amide bonds. The summed E-state index contributed by atoms with van der Waals surface area (Å²) < 4.78 is 0. The molecule has 2 N–H and O–H groups in total. The van der Waals surface area contributed by atoms with Gasteiger partial charge in [0.15, 0.2) is 0 Å². The lowest BCUT2D eigenvalue weighted by Crippen LogP contribution is -2.37. The van der Waals surface area contributed by atoms with E-state index >= 15 is 0 Å². The van der Waals surface area contributed by atoms with Crippen LogP contribution in [0.15, 0.2) is 18.3 Å². The highest BCUT2D eigenvalue weighted by Crippen LogP contribution is 2.22. The number of piperidine rings is 1. The quantitative estimate of drug-likeness (QED) is 0.900. The molecule has 4 heteroatoms. The third-order valence-electron chi connectivity index (χ3n) is 3.86. The van der Waals surface area contributed by atoms with Crippen LogP contribution in [0.2, 0.25) is 0 Å². The minimum Gasteiger partial charge on any atom is -0.357 e. The average molecular weight is 262 g/mol. The molecular weight excluding hydrogens is 236 g/mol. The minimum atomic E-state index is 0.0624. The SMILES string of the molecule is C[C@@H](N)c1ccc(N2CCC(CN(C)C)CC2)nc1. The normalized spacial score (nSPS) is 18.9. The van der Waals surface area contributed by atoms with E-state index in [1.165, 1.54) is 19.4 Å². The summed E-state index contributed by atoms with van der Waals surface area (Å²) in [6.07, 6.45) is 4.43. The molecule has 106 valence electrons. The van der Waals surface area contributed by atoms with E-state index in [9.17, 15) is 0 Å². The Morgan fingerprint density at radius 2 is 2.05 bits per heavy atom. The van der Waals surface area contributed by atoms with Crippen LogP contribution in [0.25, 0.3) is 0 Å². The summed E-state index contributed by atoms with van der Waals surface area (Å²) in [5.74, 6) is 1.92. The van der Waals surface area contributed by atoms with Crippen molar-refractivity contribution < 1.29 is 0 Å². The first-order valence-corrected chi connectivity index (χ1v) is 7.17. The number of pyridine rings is 1. The van der Waals surface area contributed by atoms with Crippen LogP contribution in [0.5, 0.6) is 0 Å². The Balaban J connectivity index is 1.90. The summed E-state index contributed by atoms with van der Waals surface area (Å²) in [5.41, 5.74) is 6.95. The highest BCUT2D eigenvalue weighted by atomic mass is 15.2. The summed E-state index contributed by atoms with van der Waals surface area (Å²) in [6.45, 7) is 5.42. The molecule has 0 saturated carbocycles. The van der Waals surface area contributed by atoms with Crippen molar-refractivity contribution in [1.82, 2.24) is 9.88 Å². The molecular formula is C15H26N4. The Morgan fingerprint density at radius 1 is 1.37 bits per heavy atom. The van der Waals surface area contributed by atoms with Gasteiger partial charge in [-0.2, -0.15) is 0 Å². The highest BCUT2D eigenvalue weighted by molar-refractivity contribution is 5.40. The molecule has 1 aromatic rings. The molecule has 2 rings (SSSR count). The van der Waals surface area contributed by atoms with Crippen molar-refractivity contribution in [2.75, 3.05) is 38.6 Å². The van der Waals surface area contributed by atoms with Crippen LogP contribution in [-0.4, -0.2) is 43.6 Å². The third-order valence-corrected chi connectivity index (χ3v) is 3.86. The van der Waals surface area contributed by atoms with Gasteiger partial charge in [0.1, 0.15) is 5.82 Å². The van der Waals surface area contributed by atoms with Gasteiger partial charge in [-0.3, -0.25) is 0 Å². The van der Waals surface area contributed by atoms with Gasteiger partial charge in [0.05, 0.1) is 0 Å². The number of hydrogen-bond donors (Lipinski definition) is 1. The second-order valence-corrected chi connectivity index (χ2v) is 5.93. The van der Waals surface area contributed by atoms with Gasteiger partial charge < -0.3 is 15.5 Å². The summed E-state index contributed by atoms with van der Waals surface area (Å²) >= 11 is 0. The van der Waals surface area contributed by atoms with E-state index in [1.807, 2.05) is 13.1 Å². The van der Waals surface area contributed by atoms with Gasteiger partial charge in [0.25, 0.3) is 0 Å². The predicted molar refractivity (Wildman–Crippen MR) is 80.3 cm³/mol. The Labute approximate surface area is 116 Å². The standard InChI is InChI=1S/C15H26N4/c1-12(16)14-4-5-15(17-10-14)19-8-6-13(7-9-19)11-18(2)3/h4-5,10,12-13H,6-9,11,16H2,1-3H3/t12-/m1/s1. The molecule has 0 aromatic carbocycles. The van der Waals surface area contributed by atoms with Crippen molar-refractivity contribution in [2.24, 2.45) is 11.7 Å². The minimum absolute atomic E-state index is 0.0624. The molecule has 0 radical (unpaired) electrons. The van der Waals surface area contributed by atoms with Gasteiger partial charge in [-0.05, 0) is 51.4 Å². The van der Waals surface area contributed by atoms with Gasteiger partial charge in [-0.15, -0.1) is 0 Å². The topological polar surface area (TPSA) is 45.4 Å². The van der Waals surface area contributed by atoms with E-state index in [-0.39, 0.29) is 6.04 Å². The molecule has 0 aliphatic carbocycles. The largest absolute Gasteiger partial charge is 0.357 e. The van der Waals surface area contributed by atoms with Crippen LogP contribution < -0.4 is 10.6 Å². The summed E-state index contributed by atoms with van der Waals surface area (Å²) in [6, 6.07) is 4.26. The monoisotopic (exact) mass is 262 g/mol. The zero-order valence-corrected chi connectivity index (χ0v) is 12.3. The summed E-state index contributed by atoms with van der Waals surface area (Å²) in [4.78, 5) is 9.22. The lowest BCUT2D eigenvalue weighted by molar-refractivity contribution is 0.284. The van der Waals surface area contributed by atoms with Crippen molar-refractivity contribution in [3.05, 3.63) is 23.9 Å². The van der Waals surface area contributed by atoms with Gasteiger partial charge in [-0.1, -0.05) is 6.07 Å². The molecule has 0 bridgehead atoms. The van der Waals surface area contributed by atoms with Gasteiger partial charge in [0, 0.05) is 31.9 Å². The number of anilines is 1. The summed E-state index contributed by atoms with van der Waals surface area (Å²) in [5, 5.41) is 0. The van der Waals surface area contributed by atoms with Crippen LogP contribution in [0.1, 0.15) is 31.4 Å². The Kier molecular flexibility index (Phi) is 4.77. The van der Waals surface area contributed by atoms with Crippen molar-refractivity contribution in [1.29, 1.82) is 0 Å². The molecule has 2 heterocycles. The lowest BCUT2D eigenvalue weighted by Gasteiger charge is -2.34. The van der Waals surface area contributed by atoms with Crippen molar-refractivity contribution >= 4 is 5.82 Å². The smallest absolute Gasteiger partial charge is 0.128 e. The van der Waals surface area contributed by atoms with Gasteiger partial charge in [-0.25, -0.2) is 4.98 Å². The first kappa shape index (κ1) is 14.3. The van der Waals surface area contributed by atoms with Crippen molar-refractivity contribution in [3.8, 4) is 0 Å². The van der Waals surface area contributed by atoms with E-state index in [4.69, 9.17) is 5.73 Å². The fourth-order valence-corrected chi connectivity index (χ4v) is 2.71. The first-order chi connectivity index (χ1) is 9.06. The molecule has 19 heavy (non-hydrogen) atoms. The van der Waals surface area contributed by atoms with E-state index in [1.54, 1.807) is 0 Å². The Morgan fingerprint density at radius 3 is 2.53 bits per heavy atom. The van der Waals surface area contributed by atoms with Crippen LogP contribution in [0.4, 0.5) is 5.82 Å². The Hall–Kier alpha value is -1.13. The van der Waals surface area contributed by atoms with E-state index < -0.39 is 0 Å². The lowest BCUT2D eigenvalue weighted by atomic mass is 9.96. The van der Waals surface area contributed by atoms with Crippen LogP contribution >= 0.6 is 0 Å². The molecule has 1 aromatic heterocycles. The molecule has 0 unspecified atom stereocenters. The fraction of sp³-hybridized carbons (Fsp3) is 0.667. The van der Waals surface area contributed by atoms with Crippen molar-refractivity contribution in [2.45, 2.75) is 25.8 Å². The van der Waals surface area contributed by atoms with Crippen LogP contribution in [0, 0.1) is 5.92 Å². The predicted octanol–water partition coefficient (Wildman–Crippen LogP) is 1.88. The molecule has 1 fully saturated rings.